The molecule has 0 aliphatic carbocycles. The predicted molar refractivity (Wildman–Crippen MR) is 64.6 cm³/mol. The molecule has 1 atom stereocenters. The number of hydrogen-bond donors (Lipinski definition) is 1. The van der Waals surface area contributed by atoms with Gasteiger partial charge in [-0.05, 0) is 33.6 Å². The summed E-state index contributed by atoms with van der Waals surface area (Å²) >= 11 is 0. The first-order chi connectivity index (χ1) is 7.67. The second-order valence-electron chi connectivity index (χ2n) is 5.12. The molecule has 0 aliphatic heterocycles. The molecular weight excluding hydrogens is 222 g/mol. The van der Waals surface area contributed by atoms with Gasteiger partial charge < -0.3 is 14.8 Å². The van der Waals surface area contributed by atoms with Crippen LogP contribution in [0.1, 0.15) is 41.5 Å². The van der Waals surface area contributed by atoms with Gasteiger partial charge in [-0.2, -0.15) is 0 Å². The molecule has 0 aliphatic rings. The summed E-state index contributed by atoms with van der Waals surface area (Å²) < 4.78 is 9.98. The van der Waals surface area contributed by atoms with Crippen LogP contribution in [-0.2, 0) is 14.3 Å². The zero-order chi connectivity index (χ0) is 13.6. The van der Waals surface area contributed by atoms with Gasteiger partial charge in [-0.3, -0.25) is 0 Å². The van der Waals surface area contributed by atoms with Gasteiger partial charge in [0, 0.05) is 0 Å². The molecule has 1 unspecified atom stereocenters. The van der Waals surface area contributed by atoms with Crippen molar-refractivity contribution in [2.45, 2.75) is 53.2 Å². The monoisotopic (exact) mass is 245 g/mol. The van der Waals surface area contributed by atoms with Gasteiger partial charge in [0.25, 0.3) is 0 Å². The van der Waals surface area contributed by atoms with Gasteiger partial charge in [-0.25, -0.2) is 9.59 Å². The molecule has 17 heavy (non-hydrogen) atoms. The highest BCUT2D eigenvalue weighted by Gasteiger charge is 2.27. The molecule has 0 aromatic heterocycles. The molecule has 0 bridgehead atoms. The van der Waals surface area contributed by atoms with E-state index in [2.05, 4.69) is 5.32 Å². The zero-order valence-electron chi connectivity index (χ0n) is 11.5. The molecule has 0 saturated carbocycles. The Bertz CT molecular complexity index is 268. The SMILES string of the molecule is CCOC(=O)C(NC(=O)OC(C)(C)C)C(C)C. The van der Waals surface area contributed by atoms with Crippen molar-refractivity contribution in [1.82, 2.24) is 5.32 Å². The van der Waals surface area contributed by atoms with E-state index in [-0.39, 0.29) is 12.5 Å². The lowest BCUT2D eigenvalue weighted by molar-refractivity contribution is -0.146. The summed E-state index contributed by atoms with van der Waals surface area (Å²) in [5.74, 6) is -0.491. The van der Waals surface area contributed by atoms with Crippen molar-refractivity contribution < 1.29 is 19.1 Å². The van der Waals surface area contributed by atoms with E-state index in [1.54, 1.807) is 27.7 Å². The molecule has 0 radical (unpaired) electrons. The number of hydrogen-bond acceptors (Lipinski definition) is 4. The highest BCUT2D eigenvalue weighted by molar-refractivity contribution is 5.81. The number of carbonyl (C=O) groups is 2. The Balaban J connectivity index is 4.46. The van der Waals surface area contributed by atoms with Crippen molar-refractivity contribution in [3.05, 3.63) is 0 Å². The van der Waals surface area contributed by atoms with Gasteiger partial charge in [0.1, 0.15) is 11.6 Å². The van der Waals surface area contributed by atoms with Crippen molar-refractivity contribution >= 4 is 12.1 Å². The number of alkyl carbamates (subject to hydrolysis) is 1. The highest BCUT2D eigenvalue weighted by Crippen LogP contribution is 2.09. The van der Waals surface area contributed by atoms with E-state index >= 15 is 0 Å². The molecule has 0 aromatic rings. The lowest BCUT2D eigenvalue weighted by Crippen LogP contribution is -2.47. The minimum Gasteiger partial charge on any atom is -0.464 e. The van der Waals surface area contributed by atoms with Gasteiger partial charge >= 0.3 is 12.1 Å². The minimum absolute atomic E-state index is 0.0541. The van der Waals surface area contributed by atoms with Crippen molar-refractivity contribution in [1.29, 1.82) is 0 Å². The Morgan fingerprint density at radius 3 is 2.12 bits per heavy atom. The normalized spacial score (nSPS) is 13.1. The molecule has 0 rings (SSSR count). The summed E-state index contributed by atoms with van der Waals surface area (Å²) in [6.07, 6.45) is -0.607. The van der Waals surface area contributed by atoms with Crippen molar-refractivity contribution in [2.24, 2.45) is 5.92 Å². The fraction of sp³-hybridized carbons (Fsp3) is 0.833. The molecule has 0 fully saturated rings. The fourth-order valence-corrected chi connectivity index (χ4v) is 1.16. The number of nitrogens with one attached hydrogen (secondary N) is 1. The summed E-state index contributed by atoms with van der Waals surface area (Å²) in [5.41, 5.74) is -0.583. The lowest BCUT2D eigenvalue weighted by atomic mass is 10.1. The number of carbonyl (C=O) groups excluding carboxylic acids is 2. The maximum Gasteiger partial charge on any atom is 0.408 e. The third-order valence-corrected chi connectivity index (χ3v) is 1.88. The van der Waals surface area contributed by atoms with E-state index in [0.717, 1.165) is 0 Å². The number of ether oxygens (including phenoxy) is 2. The highest BCUT2D eigenvalue weighted by atomic mass is 16.6. The first-order valence-electron chi connectivity index (χ1n) is 5.83. The lowest BCUT2D eigenvalue weighted by Gasteiger charge is -2.24. The molecule has 5 heteroatoms. The van der Waals surface area contributed by atoms with Crippen LogP contribution in [0.2, 0.25) is 0 Å². The molecule has 0 saturated heterocycles. The van der Waals surface area contributed by atoms with E-state index in [4.69, 9.17) is 9.47 Å². The van der Waals surface area contributed by atoms with E-state index in [1.165, 1.54) is 0 Å². The molecule has 0 aromatic carbocycles. The van der Waals surface area contributed by atoms with Crippen molar-refractivity contribution in [3.8, 4) is 0 Å². The molecule has 1 N–H and O–H groups in total. The Labute approximate surface area is 103 Å². The summed E-state index contributed by atoms with van der Waals surface area (Å²) in [6.45, 7) is 11.0. The maximum absolute atomic E-state index is 11.6. The summed E-state index contributed by atoms with van der Waals surface area (Å²) in [4.78, 5) is 23.1. The Morgan fingerprint density at radius 2 is 1.76 bits per heavy atom. The Morgan fingerprint density at radius 1 is 1.24 bits per heavy atom. The average molecular weight is 245 g/mol. The van der Waals surface area contributed by atoms with Gasteiger partial charge in [-0.15, -0.1) is 0 Å². The van der Waals surface area contributed by atoms with Gasteiger partial charge in [-0.1, -0.05) is 13.8 Å². The Hall–Kier alpha value is -1.26. The van der Waals surface area contributed by atoms with Crippen LogP contribution < -0.4 is 5.32 Å². The average Bonchev–Trinajstić information content (AvgIpc) is 2.11. The first-order valence-corrected chi connectivity index (χ1v) is 5.83. The molecular formula is C12H23NO4. The van der Waals surface area contributed by atoms with Crippen LogP contribution in [0.3, 0.4) is 0 Å². The van der Waals surface area contributed by atoms with E-state index in [9.17, 15) is 9.59 Å². The number of esters is 1. The molecule has 1 amide bonds. The maximum atomic E-state index is 11.6. The van der Waals surface area contributed by atoms with E-state index in [0.29, 0.717) is 0 Å². The van der Waals surface area contributed by atoms with Crippen LogP contribution in [0.4, 0.5) is 4.79 Å². The third kappa shape index (κ3) is 6.81. The van der Waals surface area contributed by atoms with Crippen molar-refractivity contribution in [2.75, 3.05) is 6.61 Å². The summed E-state index contributed by atoms with van der Waals surface area (Å²) in [6, 6.07) is -0.676. The smallest absolute Gasteiger partial charge is 0.408 e. The van der Waals surface area contributed by atoms with E-state index < -0.39 is 23.7 Å². The third-order valence-electron chi connectivity index (χ3n) is 1.88. The van der Waals surface area contributed by atoms with Gasteiger partial charge in [0.2, 0.25) is 0 Å². The molecule has 5 nitrogen and oxygen atoms in total. The minimum atomic E-state index is -0.676. The van der Waals surface area contributed by atoms with Crippen LogP contribution in [0, 0.1) is 5.92 Å². The topological polar surface area (TPSA) is 64.6 Å². The Kier molecular flexibility index (Phi) is 5.99. The standard InChI is InChI=1S/C12H23NO4/c1-7-16-10(14)9(8(2)3)13-11(15)17-12(4,5)6/h8-9H,7H2,1-6H3,(H,13,15). The zero-order valence-corrected chi connectivity index (χ0v) is 11.5. The van der Waals surface area contributed by atoms with Crippen LogP contribution in [0.15, 0.2) is 0 Å². The largest absolute Gasteiger partial charge is 0.464 e. The predicted octanol–water partition coefficient (Wildman–Crippen LogP) is 2.10. The number of amides is 1. The van der Waals surface area contributed by atoms with Gasteiger partial charge in [0.05, 0.1) is 6.61 Å². The second kappa shape index (κ2) is 6.47. The van der Waals surface area contributed by atoms with Crippen LogP contribution in [-0.4, -0.2) is 30.3 Å². The molecule has 100 valence electrons. The summed E-state index contributed by atoms with van der Waals surface area (Å²) in [5, 5.41) is 2.52. The van der Waals surface area contributed by atoms with Gasteiger partial charge in [0.15, 0.2) is 0 Å². The molecule has 0 heterocycles. The van der Waals surface area contributed by atoms with Crippen LogP contribution in [0.5, 0.6) is 0 Å². The van der Waals surface area contributed by atoms with Crippen LogP contribution >= 0.6 is 0 Å². The number of rotatable bonds is 4. The van der Waals surface area contributed by atoms with E-state index in [1.807, 2.05) is 13.8 Å². The first kappa shape index (κ1) is 15.7. The molecule has 0 spiro atoms. The fourth-order valence-electron chi connectivity index (χ4n) is 1.16. The quantitative estimate of drug-likeness (QED) is 0.770. The van der Waals surface area contributed by atoms with Crippen LogP contribution in [0.25, 0.3) is 0 Å². The van der Waals surface area contributed by atoms with Crippen molar-refractivity contribution in [3.63, 3.8) is 0 Å². The second-order valence-corrected chi connectivity index (χ2v) is 5.12. The summed E-state index contributed by atoms with van der Waals surface area (Å²) in [7, 11) is 0.